The van der Waals surface area contributed by atoms with Crippen LogP contribution >= 0.6 is 0 Å². The molecular formula is C21H27N3O4. The maximum atomic E-state index is 12.8. The number of likely N-dealkylation sites (tertiary alicyclic amines) is 2. The molecule has 1 aromatic rings. The number of carbonyl (C=O) groups excluding carboxylic acids is 2. The average molecular weight is 385 g/mol. The Bertz CT molecular complexity index is 766. The molecule has 0 radical (unpaired) electrons. The van der Waals surface area contributed by atoms with Gasteiger partial charge in [0.15, 0.2) is 11.5 Å². The number of benzene rings is 1. The molecule has 0 aromatic heterocycles. The smallest absolute Gasteiger partial charge is 0.317 e. The van der Waals surface area contributed by atoms with E-state index in [2.05, 4.69) is 11.9 Å². The van der Waals surface area contributed by atoms with Crippen LogP contribution in [0.4, 0.5) is 4.79 Å². The molecule has 2 saturated heterocycles. The van der Waals surface area contributed by atoms with Crippen LogP contribution in [0.15, 0.2) is 30.9 Å². The minimum absolute atomic E-state index is 0.0360. The lowest BCUT2D eigenvalue weighted by Crippen LogP contribution is -2.48. The lowest BCUT2D eigenvalue weighted by molar-refractivity contribution is -0.132. The number of amides is 3. The number of nitrogens with one attached hydrogen (secondary N) is 1. The number of hydrogen-bond acceptors (Lipinski definition) is 4. The minimum atomic E-state index is -0.0360. The molecule has 0 bridgehead atoms. The van der Waals surface area contributed by atoms with Crippen molar-refractivity contribution in [2.75, 3.05) is 33.0 Å². The first kappa shape index (κ1) is 18.7. The molecule has 150 valence electrons. The zero-order valence-corrected chi connectivity index (χ0v) is 16.1. The summed E-state index contributed by atoms with van der Waals surface area (Å²) >= 11 is 0. The molecule has 3 amide bonds. The van der Waals surface area contributed by atoms with Crippen molar-refractivity contribution >= 4 is 11.9 Å². The van der Waals surface area contributed by atoms with E-state index in [4.69, 9.17) is 9.47 Å². The van der Waals surface area contributed by atoms with E-state index in [0.29, 0.717) is 37.9 Å². The molecule has 4 rings (SSSR count). The van der Waals surface area contributed by atoms with Gasteiger partial charge < -0.3 is 24.6 Å². The van der Waals surface area contributed by atoms with Crippen LogP contribution in [0.3, 0.4) is 0 Å². The molecule has 7 nitrogen and oxygen atoms in total. The fraction of sp³-hybridized carbons (Fsp3) is 0.524. The third-order valence-electron chi connectivity index (χ3n) is 5.95. The van der Waals surface area contributed by atoms with Crippen LogP contribution in [0.5, 0.6) is 11.5 Å². The van der Waals surface area contributed by atoms with Gasteiger partial charge in [-0.25, -0.2) is 4.79 Å². The molecule has 0 spiro atoms. The van der Waals surface area contributed by atoms with Crippen molar-refractivity contribution in [1.82, 2.24) is 15.1 Å². The fourth-order valence-electron chi connectivity index (χ4n) is 4.36. The zero-order chi connectivity index (χ0) is 19.5. The molecule has 3 aliphatic heterocycles. The Balaban J connectivity index is 1.38. The Labute approximate surface area is 165 Å². The van der Waals surface area contributed by atoms with Crippen LogP contribution < -0.4 is 14.8 Å². The first-order valence-electron chi connectivity index (χ1n) is 9.94. The number of rotatable bonds is 4. The summed E-state index contributed by atoms with van der Waals surface area (Å²) in [6.07, 6.45) is 4.06. The lowest BCUT2D eigenvalue weighted by Gasteiger charge is -2.37. The maximum Gasteiger partial charge on any atom is 0.317 e. The van der Waals surface area contributed by atoms with E-state index in [1.165, 1.54) is 0 Å². The average Bonchev–Trinajstić information content (AvgIpc) is 3.11. The third-order valence-corrected chi connectivity index (χ3v) is 5.95. The van der Waals surface area contributed by atoms with Crippen LogP contribution in [0, 0.1) is 11.8 Å². The number of carbonyl (C=O) groups is 2. The van der Waals surface area contributed by atoms with Gasteiger partial charge in [0.1, 0.15) is 0 Å². The van der Waals surface area contributed by atoms with Gasteiger partial charge in [0.25, 0.3) is 0 Å². The first-order valence-corrected chi connectivity index (χ1v) is 9.94. The Morgan fingerprint density at radius 2 is 2.04 bits per heavy atom. The maximum absolute atomic E-state index is 12.8. The second-order valence-electron chi connectivity index (χ2n) is 7.73. The molecule has 0 aliphatic carbocycles. The predicted octanol–water partition coefficient (Wildman–Crippen LogP) is 2.37. The Morgan fingerprint density at radius 3 is 2.89 bits per heavy atom. The van der Waals surface area contributed by atoms with Gasteiger partial charge in [-0.05, 0) is 42.4 Å². The minimum Gasteiger partial charge on any atom is -0.454 e. The van der Waals surface area contributed by atoms with Gasteiger partial charge in [0.05, 0.1) is 0 Å². The molecule has 2 atom stereocenters. The highest BCUT2D eigenvalue weighted by atomic mass is 16.7. The highest BCUT2D eigenvalue weighted by Gasteiger charge is 2.36. The fourth-order valence-corrected chi connectivity index (χ4v) is 4.36. The van der Waals surface area contributed by atoms with Gasteiger partial charge in [0.2, 0.25) is 12.7 Å². The van der Waals surface area contributed by atoms with Gasteiger partial charge in [-0.3, -0.25) is 4.79 Å². The number of piperidine rings is 1. The summed E-state index contributed by atoms with van der Waals surface area (Å²) in [5, 5.41) is 2.85. The Morgan fingerprint density at radius 1 is 1.21 bits per heavy atom. The molecule has 3 aliphatic rings. The van der Waals surface area contributed by atoms with Gasteiger partial charge >= 0.3 is 6.03 Å². The highest BCUT2D eigenvalue weighted by Crippen LogP contribution is 2.35. The molecular weight excluding hydrogens is 358 g/mol. The summed E-state index contributed by atoms with van der Waals surface area (Å²) in [6.45, 7) is 7.09. The van der Waals surface area contributed by atoms with E-state index in [1.54, 1.807) is 6.08 Å². The van der Waals surface area contributed by atoms with Crippen LogP contribution in [0.25, 0.3) is 0 Å². The van der Waals surface area contributed by atoms with E-state index in [9.17, 15) is 9.59 Å². The van der Waals surface area contributed by atoms with Crippen molar-refractivity contribution in [3.05, 3.63) is 36.4 Å². The molecule has 1 N–H and O–H groups in total. The summed E-state index contributed by atoms with van der Waals surface area (Å²) in [5.41, 5.74) is 1.05. The molecule has 2 fully saturated rings. The van der Waals surface area contributed by atoms with Crippen molar-refractivity contribution in [2.45, 2.75) is 25.8 Å². The summed E-state index contributed by atoms with van der Waals surface area (Å²) in [7, 11) is 0. The summed E-state index contributed by atoms with van der Waals surface area (Å²) in [4.78, 5) is 28.9. The molecule has 0 unspecified atom stereocenters. The van der Waals surface area contributed by atoms with Crippen molar-refractivity contribution in [3.8, 4) is 11.5 Å². The van der Waals surface area contributed by atoms with Crippen molar-refractivity contribution in [3.63, 3.8) is 0 Å². The molecule has 28 heavy (non-hydrogen) atoms. The largest absolute Gasteiger partial charge is 0.454 e. The first-order chi connectivity index (χ1) is 13.6. The second kappa shape index (κ2) is 8.12. The molecule has 7 heteroatoms. The predicted molar refractivity (Wildman–Crippen MR) is 104 cm³/mol. The second-order valence-corrected chi connectivity index (χ2v) is 7.73. The van der Waals surface area contributed by atoms with E-state index in [1.807, 2.05) is 28.0 Å². The van der Waals surface area contributed by atoms with Gasteiger partial charge in [-0.2, -0.15) is 0 Å². The highest BCUT2D eigenvalue weighted by molar-refractivity contribution is 5.77. The number of hydrogen-bond donors (Lipinski definition) is 1. The Kier molecular flexibility index (Phi) is 5.41. The monoisotopic (exact) mass is 385 g/mol. The number of urea groups is 1. The molecule has 1 aromatic carbocycles. The van der Waals surface area contributed by atoms with Crippen LogP contribution in [-0.4, -0.2) is 54.7 Å². The van der Waals surface area contributed by atoms with Crippen molar-refractivity contribution < 1.29 is 19.1 Å². The number of fused-ring (bicyclic) bond motifs is 2. The SMILES string of the molecule is C=CCNC(=O)N1CC[C@@H]2CC(=O)N(Cc3ccc4c(c3)OCO4)CC[C@H]2C1. The standard InChI is InChI=1S/C21H27N3O4/c1-2-7-22-21(26)24-9-5-16-11-20(25)23(8-6-17(16)13-24)12-15-3-4-18-19(10-15)28-14-27-18/h2-4,10,16-17H,1,5-9,11-14H2,(H,22,26)/t16-,17+/m1/s1. The number of ether oxygens (including phenoxy) is 2. The molecule has 3 heterocycles. The van der Waals surface area contributed by atoms with Gasteiger partial charge in [-0.1, -0.05) is 12.1 Å². The van der Waals surface area contributed by atoms with Crippen LogP contribution in [0.1, 0.15) is 24.8 Å². The summed E-state index contributed by atoms with van der Waals surface area (Å²) in [6, 6.07) is 5.81. The van der Waals surface area contributed by atoms with E-state index in [0.717, 1.165) is 43.0 Å². The number of nitrogens with zero attached hydrogens (tertiary/aromatic N) is 2. The topological polar surface area (TPSA) is 71.1 Å². The quantitative estimate of drug-likeness (QED) is 0.808. The van der Waals surface area contributed by atoms with E-state index >= 15 is 0 Å². The van der Waals surface area contributed by atoms with E-state index < -0.39 is 0 Å². The van der Waals surface area contributed by atoms with Crippen LogP contribution in [0.2, 0.25) is 0 Å². The Hall–Kier alpha value is -2.70. The summed E-state index contributed by atoms with van der Waals surface area (Å²) < 4.78 is 10.8. The zero-order valence-electron chi connectivity index (χ0n) is 16.1. The van der Waals surface area contributed by atoms with Crippen LogP contribution in [-0.2, 0) is 11.3 Å². The van der Waals surface area contributed by atoms with E-state index in [-0.39, 0.29) is 18.7 Å². The lowest BCUT2D eigenvalue weighted by atomic mass is 9.82. The van der Waals surface area contributed by atoms with Gasteiger partial charge in [0, 0.05) is 39.1 Å². The van der Waals surface area contributed by atoms with Crippen molar-refractivity contribution in [1.29, 1.82) is 0 Å². The normalized spacial score (nSPS) is 23.8. The third kappa shape index (κ3) is 3.93. The summed E-state index contributed by atoms with van der Waals surface area (Å²) in [5.74, 6) is 2.43. The molecule has 0 saturated carbocycles. The van der Waals surface area contributed by atoms with Gasteiger partial charge in [-0.15, -0.1) is 6.58 Å². The van der Waals surface area contributed by atoms with Crippen molar-refractivity contribution in [2.24, 2.45) is 11.8 Å².